The highest BCUT2D eigenvalue weighted by Gasteiger charge is 2.35. The van der Waals surface area contributed by atoms with E-state index in [0.29, 0.717) is 11.3 Å². The summed E-state index contributed by atoms with van der Waals surface area (Å²) in [6, 6.07) is 0. The Balaban J connectivity index is 2.11. The van der Waals surface area contributed by atoms with Crippen LogP contribution < -0.4 is 0 Å². The van der Waals surface area contributed by atoms with Crippen LogP contribution in [0.2, 0.25) is 0 Å². The van der Waals surface area contributed by atoms with Crippen LogP contribution in [0.1, 0.15) is 46.8 Å². The molecule has 1 aliphatic carbocycles. The smallest absolute Gasteiger partial charge is 0.288 e. The number of allylic oxidation sites excluding steroid dienone is 2. The number of hydrogen-bond acceptors (Lipinski definition) is 3. The molecule has 1 aromatic heterocycles. The molecule has 6 heteroatoms. The average Bonchev–Trinajstić information content (AvgIpc) is 2.79. The fourth-order valence-corrected chi connectivity index (χ4v) is 2.62. The molecule has 0 bridgehead atoms. The molecular formula is C12H12F3NOS. The largest absolute Gasteiger partial charge is 0.443 e. The maximum absolute atomic E-state index is 12.3. The molecule has 0 unspecified atom stereocenters. The second kappa shape index (κ2) is 5.22. The molecule has 1 heterocycles. The van der Waals surface area contributed by atoms with Crippen LogP contribution >= 0.6 is 11.3 Å². The van der Waals surface area contributed by atoms with Crippen LogP contribution in [-0.4, -0.2) is 10.8 Å². The molecule has 0 aromatic carbocycles. The minimum absolute atomic E-state index is 0.0559. The van der Waals surface area contributed by atoms with Crippen molar-refractivity contribution in [3.8, 4) is 0 Å². The molecule has 1 fully saturated rings. The van der Waals surface area contributed by atoms with Gasteiger partial charge in [-0.05, 0) is 31.8 Å². The Morgan fingerprint density at radius 3 is 2.50 bits per heavy atom. The Morgan fingerprint density at radius 1 is 1.28 bits per heavy atom. The van der Waals surface area contributed by atoms with Crippen LogP contribution in [0.4, 0.5) is 13.2 Å². The second-order valence-electron chi connectivity index (χ2n) is 4.25. The van der Waals surface area contributed by atoms with E-state index in [1.165, 1.54) is 6.08 Å². The average molecular weight is 275 g/mol. The molecule has 1 aliphatic rings. The molecule has 0 amide bonds. The maximum atomic E-state index is 12.3. The molecule has 0 spiro atoms. The van der Waals surface area contributed by atoms with Crippen molar-refractivity contribution in [1.29, 1.82) is 0 Å². The third-order valence-corrected chi connectivity index (χ3v) is 3.88. The van der Waals surface area contributed by atoms with E-state index in [-0.39, 0.29) is 10.7 Å². The Bertz CT molecular complexity index is 468. The van der Waals surface area contributed by atoms with Crippen LogP contribution in [0.3, 0.4) is 0 Å². The van der Waals surface area contributed by atoms with Crippen LogP contribution in [0.15, 0.2) is 17.8 Å². The Hall–Kier alpha value is -1.17. The van der Waals surface area contributed by atoms with E-state index in [2.05, 4.69) is 4.98 Å². The standard InChI is InChI=1S/C12H12F3NOS/c13-12(14,15)11-16-7-10(18-11)9(17)6-8-4-2-1-3-5-8/h6-7H,1-5H2. The molecular weight excluding hydrogens is 263 g/mol. The zero-order chi connectivity index (χ0) is 13.2. The molecule has 0 N–H and O–H groups in total. The van der Waals surface area contributed by atoms with Gasteiger partial charge in [0.05, 0.1) is 4.88 Å². The zero-order valence-electron chi connectivity index (χ0n) is 9.59. The minimum Gasteiger partial charge on any atom is -0.288 e. The van der Waals surface area contributed by atoms with Gasteiger partial charge in [-0.25, -0.2) is 4.98 Å². The van der Waals surface area contributed by atoms with E-state index in [4.69, 9.17) is 0 Å². The quantitative estimate of drug-likeness (QED) is 0.597. The van der Waals surface area contributed by atoms with Gasteiger partial charge >= 0.3 is 6.18 Å². The van der Waals surface area contributed by atoms with Gasteiger partial charge < -0.3 is 0 Å². The predicted octanol–water partition coefficient (Wildman–Crippen LogP) is 4.24. The summed E-state index contributed by atoms with van der Waals surface area (Å²) in [7, 11) is 0. The summed E-state index contributed by atoms with van der Waals surface area (Å²) in [4.78, 5) is 15.1. The molecule has 1 saturated carbocycles. The summed E-state index contributed by atoms with van der Waals surface area (Å²) >= 11 is 0.406. The number of alkyl halides is 3. The summed E-state index contributed by atoms with van der Waals surface area (Å²) in [6.45, 7) is 0. The summed E-state index contributed by atoms with van der Waals surface area (Å²) in [6.07, 6.45) is 3.02. The highest BCUT2D eigenvalue weighted by atomic mass is 32.1. The first-order valence-electron chi connectivity index (χ1n) is 5.73. The van der Waals surface area contributed by atoms with Crippen molar-refractivity contribution in [2.24, 2.45) is 0 Å². The number of halogens is 3. The Kier molecular flexibility index (Phi) is 3.85. The number of hydrogen-bond donors (Lipinski definition) is 0. The highest BCUT2D eigenvalue weighted by molar-refractivity contribution is 7.13. The lowest BCUT2D eigenvalue weighted by molar-refractivity contribution is -0.137. The minimum atomic E-state index is -4.47. The first-order chi connectivity index (χ1) is 8.47. The van der Waals surface area contributed by atoms with Crippen molar-refractivity contribution in [3.63, 3.8) is 0 Å². The molecule has 2 nitrogen and oxygen atoms in total. The SMILES string of the molecule is O=C(C=C1CCCCC1)c1cnc(C(F)(F)F)s1. The molecule has 0 radical (unpaired) electrons. The van der Waals surface area contributed by atoms with Gasteiger partial charge in [-0.1, -0.05) is 12.0 Å². The van der Waals surface area contributed by atoms with Crippen molar-refractivity contribution >= 4 is 17.1 Å². The summed E-state index contributed by atoms with van der Waals surface area (Å²) in [5.41, 5.74) is 1.04. The molecule has 18 heavy (non-hydrogen) atoms. The van der Waals surface area contributed by atoms with E-state index >= 15 is 0 Å². The summed E-state index contributed by atoms with van der Waals surface area (Å²) in [5.74, 6) is -0.361. The number of rotatable bonds is 2. The van der Waals surface area contributed by atoms with E-state index in [1.54, 1.807) is 0 Å². The first-order valence-corrected chi connectivity index (χ1v) is 6.55. The van der Waals surface area contributed by atoms with Crippen LogP contribution in [0.25, 0.3) is 0 Å². The molecule has 2 rings (SSSR count). The molecule has 0 atom stereocenters. The Labute approximate surface area is 107 Å². The number of thiazole rings is 1. The van der Waals surface area contributed by atoms with Gasteiger partial charge in [0.1, 0.15) is 0 Å². The number of ketones is 1. The Morgan fingerprint density at radius 2 is 1.94 bits per heavy atom. The summed E-state index contributed by atoms with van der Waals surface area (Å²) in [5, 5.41) is -0.965. The van der Waals surface area contributed by atoms with Crippen molar-refractivity contribution in [2.45, 2.75) is 38.3 Å². The second-order valence-corrected chi connectivity index (χ2v) is 5.29. The van der Waals surface area contributed by atoms with E-state index < -0.39 is 11.2 Å². The number of carbonyl (C=O) groups excluding carboxylic acids is 1. The lowest BCUT2D eigenvalue weighted by atomic mass is 9.94. The van der Waals surface area contributed by atoms with Gasteiger partial charge in [-0.2, -0.15) is 13.2 Å². The van der Waals surface area contributed by atoms with Crippen molar-refractivity contribution in [3.05, 3.63) is 27.7 Å². The van der Waals surface area contributed by atoms with Crippen LogP contribution in [0.5, 0.6) is 0 Å². The molecule has 0 saturated heterocycles. The molecule has 98 valence electrons. The van der Waals surface area contributed by atoms with Crippen molar-refractivity contribution < 1.29 is 18.0 Å². The highest BCUT2D eigenvalue weighted by Crippen LogP contribution is 2.33. The van der Waals surface area contributed by atoms with Gasteiger partial charge in [-0.3, -0.25) is 4.79 Å². The van der Waals surface area contributed by atoms with Gasteiger partial charge in [-0.15, -0.1) is 11.3 Å². The van der Waals surface area contributed by atoms with Gasteiger partial charge in [0.15, 0.2) is 10.8 Å². The zero-order valence-corrected chi connectivity index (χ0v) is 10.4. The van der Waals surface area contributed by atoms with Crippen LogP contribution in [0, 0.1) is 0 Å². The van der Waals surface area contributed by atoms with Crippen LogP contribution in [-0.2, 0) is 6.18 Å². The third kappa shape index (κ3) is 3.19. The number of carbonyl (C=O) groups is 1. The lowest BCUT2D eigenvalue weighted by Crippen LogP contribution is -2.03. The monoisotopic (exact) mass is 275 g/mol. The fourth-order valence-electron chi connectivity index (χ4n) is 1.93. The van der Waals surface area contributed by atoms with E-state index in [1.807, 2.05) is 0 Å². The van der Waals surface area contributed by atoms with Gasteiger partial charge in [0, 0.05) is 6.20 Å². The van der Waals surface area contributed by atoms with Gasteiger partial charge in [0.2, 0.25) is 0 Å². The first kappa shape index (κ1) is 13.3. The van der Waals surface area contributed by atoms with Gasteiger partial charge in [0.25, 0.3) is 0 Å². The molecule has 1 aromatic rings. The lowest BCUT2D eigenvalue weighted by Gasteiger charge is -2.12. The van der Waals surface area contributed by atoms with Crippen molar-refractivity contribution in [1.82, 2.24) is 4.98 Å². The summed E-state index contributed by atoms with van der Waals surface area (Å²) < 4.78 is 37.0. The third-order valence-electron chi connectivity index (χ3n) is 2.82. The number of nitrogens with zero attached hydrogens (tertiary/aromatic N) is 1. The number of aromatic nitrogens is 1. The predicted molar refractivity (Wildman–Crippen MR) is 62.6 cm³/mol. The van der Waals surface area contributed by atoms with E-state index in [0.717, 1.165) is 43.9 Å². The van der Waals surface area contributed by atoms with E-state index in [9.17, 15) is 18.0 Å². The maximum Gasteiger partial charge on any atom is 0.443 e. The normalized spacial score (nSPS) is 16.7. The molecule has 0 aliphatic heterocycles. The topological polar surface area (TPSA) is 30.0 Å². The fraction of sp³-hybridized carbons (Fsp3) is 0.500. The van der Waals surface area contributed by atoms with Crippen molar-refractivity contribution in [2.75, 3.05) is 0 Å².